The van der Waals surface area contributed by atoms with Gasteiger partial charge < -0.3 is 21.1 Å². The van der Waals surface area contributed by atoms with E-state index in [4.69, 9.17) is 10.8 Å². The van der Waals surface area contributed by atoms with Crippen molar-refractivity contribution in [2.75, 3.05) is 12.3 Å². The Morgan fingerprint density at radius 2 is 2.21 bits per heavy atom. The Morgan fingerprint density at radius 1 is 1.47 bits per heavy atom. The number of H-pyrrole nitrogens is 1. The van der Waals surface area contributed by atoms with E-state index >= 15 is 0 Å². The number of anilines is 1. The zero-order chi connectivity index (χ0) is 14.0. The fourth-order valence-corrected chi connectivity index (χ4v) is 2.02. The lowest BCUT2D eigenvalue weighted by Gasteiger charge is -2.24. The molecule has 0 atom stereocenters. The highest BCUT2D eigenvalue weighted by Crippen LogP contribution is 2.21. The number of nitrogens with two attached hydrogens (primary N) is 1. The van der Waals surface area contributed by atoms with Crippen molar-refractivity contribution in [3.63, 3.8) is 0 Å². The van der Waals surface area contributed by atoms with Gasteiger partial charge in [-0.15, -0.1) is 0 Å². The van der Waals surface area contributed by atoms with Crippen LogP contribution in [0.25, 0.3) is 10.9 Å². The third-order valence-corrected chi connectivity index (χ3v) is 3.12. The summed E-state index contributed by atoms with van der Waals surface area (Å²) in [5, 5.41) is 12.8. The molecule has 0 saturated heterocycles. The van der Waals surface area contributed by atoms with Crippen molar-refractivity contribution >= 4 is 22.5 Å². The molecule has 1 aromatic carbocycles. The Kier molecular flexibility index (Phi) is 3.48. The molecule has 5 heteroatoms. The summed E-state index contributed by atoms with van der Waals surface area (Å²) in [4.78, 5) is 15.2. The first-order valence-corrected chi connectivity index (χ1v) is 6.23. The molecular weight excluding hydrogens is 242 g/mol. The lowest BCUT2D eigenvalue weighted by atomic mass is 10.0. The van der Waals surface area contributed by atoms with Crippen LogP contribution in [0.5, 0.6) is 0 Å². The summed E-state index contributed by atoms with van der Waals surface area (Å²) in [5.74, 6) is -0.200. The van der Waals surface area contributed by atoms with Crippen molar-refractivity contribution < 1.29 is 9.90 Å². The van der Waals surface area contributed by atoms with E-state index in [-0.39, 0.29) is 12.5 Å². The van der Waals surface area contributed by atoms with Crippen molar-refractivity contribution in [1.82, 2.24) is 10.3 Å². The fraction of sp³-hybridized carbons (Fsp3) is 0.357. The maximum absolute atomic E-state index is 12.2. The van der Waals surface area contributed by atoms with Gasteiger partial charge in [-0.05, 0) is 32.4 Å². The fourth-order valence-electron chi connectivity index (χ4n) is 2.02. The number of aliphatic hydroxyl groups excluding tert-OH is 1. The first-order chi connectivity index (χ1) is 8.93. The molecule has 1 amide bonds. The average molecular weight is 261 g/mol. The van der Waals surface area contributed by atoms with Gasteiger partial charge in [0, 0.05) is 17.5 Å². The number of hydrogen-bond acceptors (Lipinski definition) is 3. The van der Waals surface area contributed by atoms with Gasteiger partial charge in [0.25, 0.3) is 5.91 Å². The van der Waals surface area contributed by atoms with E-state index in [1.165, 1.54) is 0 Å². The van der Waals surface area contributed by atoms with Gasteiger partial charge in [-0.2, -0.15) is 0 Å². The van der Waals surface area contributed by atoms with Crippen LogP contribution in [-0.2, 0) is 0 Å². The van der Waals surface area contributed by atoms with Crippen molar-refractivity contribution in [2.24, 2.45) is 0 Å². The van der Waals surface area contributed by atoms with E-state index in [2.05, 4.69) is 10.3 Å². The maximum atomic E-state index is 12.2. The summed E-state index contributed by atoms with van der Waals surface area (Å²) in [6.45, 7) is 3.78. The molecule has 0 unspecified atom stereocenters. The minimum absolute atomic E-state index is 0.0347. The van der Waals surface area contributed by atoms with E-state index in [9.17, 15) is 4.79 Å². The van der Waals surface area contributed by atoms with Gasteiger partial charge in [0.2, 0.25) is 0 Å². The minimum Gasteiger partial charge on any atom is -0.397 e. The number of fused-ring (bicyclic) bond motifs is 1. The van der Waals surface area contributed by atoms with Gasteiger partial charge >= 0.3 is 0 Å². The zero-order valence-electron chi connectivity index (χ0n) is 11.2. The number of aromatic amines is 1. The first-order valence-electron chi connectivity index (χ1n) is 6.23. The number of benzene rings is 1. The van der Waals surface area contributed by atoms with Crippen LogP contribution >= 0.6 is 0 Å². The molecule has 0 spiro atoms. The lowest BCUT2D eigenvalue weighted by Crippen LogP contribution is -2.44. The number of para-hydroxylation sites is 1. The third kappa shape index (κ3) is 2.88. The highest BCUT2D eigenvalue weighted by Gasteiger charge is 2.21. The van der Waals surface area contributed by atoms with Crippen LogP contribution in [0.2, 0.25) is 0 Å². The Hall–Kier alpha value is -2.01. The summed E-state index contributed by atoms with van der Waals surface area (Å²) in [5.41, 5.74) is 7.26. The molecule has 0 saturated carbocycles. The molecule has 1 heterocycles. The highest BCUT2D eigenvalue weighted by molar-refractivity contribution is 6.01. The van der Waals surface area contributed by atoms with E-state index in [0.29, 0.717) is 17.8 Å². The van der Waals surface area contributed by atoms with E-state index in [1.807, 2.05) is 26.0 Å². The number of rotatable bonds is 4. The number of nitrogens with one attached hydrogen (secondary N) is 2. The monoisotopic (exact) mass is 261 g/mol. The molecule has 0 aliphatic carbocycles. The first kappa shape index (κ1) is 13.4. The second-order valence-electron chi connectivity index (χ2n) is 5.31. The number of hydrogen-bond donors (Lipinski definition) is 4. The minimum atomic E-state index is -0.450. The van der Waals surface area contributed by atoms with Crippen molar-refractivity contribution in [2.45, 2.75) is 25.8 Å². The van der Waals surface area contributed by atoms with Crippen LogP contribution < -0.4 is 11.1 Å². The molecule has 0 aliphatic heterocycles. The molecular formula is C14H19N3O2. The zero-order valence-corrected chi connectivity index (χ0v) is 11.2. The van der Waals surface area contributed by atoms with Crippen molar-refractivity contribution in [3.05, 3.63) is 30.0 Å². The van der Waals surface area contributed by atoms with Crippen LogP contribution in [0, 0.1) is 0 Å². The quantitative estimate of drug-likeness (QED) is 0.630. The molecule has 19 heavy (non-hydrogen) atoms. The summed E-state index contributed by atoms with van der Waals surface area (Å²) in [6.07, 6.45) is 0.501. The predicted octanol–water partition coefficient (Wildman–Crippen LogP) is 1.64. The molecule has 0 fully saturated rings. The lowest BCUT2D eigenvalue weighted by molar-refractivity contribution is 0.0895. The number of amides is 1. The van der Waals surface area contributed by atoms with E-state index in [0.717, 1.165) is 10.9 Å². The summed E-state index contributed by atoms with van der Waals surface area (Å²) < 4.78 is 0. The summed E-state index contributed by atoms with van der Waals surface area (Å²) in [6, 6.07) is 7.31. The number of nitrogen functional groups attached to an aromatic ring is 1. The van der Waals surface area contributed by atoms with Crippen LogP contribution in [-0.4, -0.2) is 28.1 Å². The van der Waals surface area contributed by atoms with E-state index < -0.39 is 5.54 Å². The van der Waals surface area contributed by atoms with Crippen LogP contribution in [0.3, 0.4) is 0 Å². The SMILES string of the molecule is CC(C)(CCO)NC(=O)c1cc2cccc(N)c2[nH]1. The van der Waals surface area contributed by atoms with Crippen LogP contribution in [0.4, 0.5) is 5.69 Å². The Balaban J connectivity index is 2.25. The van der Waals surface area contributed by atoms with E-state index in [1.54, 1.807) is 12.1 Å². The topological polar surface area (TPSA) is 91.1 Å². The Bertz CT molecular complexity index is 602. The van der Waals surface area contributed by atoms with Crippen LogP contribution in [0.15, 0.2) is 24.3 Å². The normalized spacial score (nSPS) is 11.7. The number of aliphatic hydroxyl groups is 1. The maximum Gasteiger partial charge on any atom is 0.268 e. The van der Waals surface area contributed by atoms with Gasteiger partial charge in [0.05, 0.1) is 11.2 Å². The third-order valence-electron chi connectivity index (χ3n) is 3.12. The van der Waals surface area contributed by atoms with Gasteiger partial charge in [0.1, 0.15) is 5.69 Å². The Labute approximate surface area is 111 Å². The van der Waals surface area contributed by atoms with Crippen LogP contribution in [0.1, 0.15) is 30.8 Å². The van der Waals surface area contributed by atoms with Crippen molar-refractivity contribution in [1.29, 1.82) is 0 Å². The van der Waals surface area contributed by atoms with Crippen molar-refractivity contribution in [3.8, 4) is 0 Å². The molecule has 1 aromatic heterocycles. The smallest absolute Gasteiger partial charge is 0.268 e. The molecule has 5 nitrogen and oxygen atoms in total. The standard InChI is InChI=1S/C14H19N3O2/c1-14(2,6-7-18)17-13(19)11-8-9-4-3-5-10(15)12(9)16-11/h3-5,8,16,18H,6-7,15H2,1-2H3,(H,17,19). The molecule has 5 N–H and O–H groups in total. The van der Waals surface area contributed by atoms with Gasteiger partial charge in [-0.25, -0.2) is 0 Å². The number of aromatic nitrogens is 1. The second-order valence-corrected chi connectivity index (χ2v) is 5.31. The molecule has 0 bridgehead atoms. The second kappa shape index (κ2) is 4.93. The molecule has 2 rings (SSSR count). The molecule has 0 radical (unpaired) electrons. The number of carbonyl (C=O) groups excluding carboxylic acids is 1. The molecule has 0 aliphatic rings. The molecule has 102 valence electrons. The van der Waals surface area contributed by atoms with Gasteiger partial charge in [-0.3, -0.25) is 4.79 Å². The van der Waals surface area contributed by atoms with Gasteiger partial charge in [-0.1, -0.05) is 12.1 Å². The largest absolute Gasteiger partial charge is 0.397 e. The predicted molar refractivity (Wildman–Crippen MR) is 76.0 cm³/mol. The summed E-state index contributed by atoms with van der Waals surface area (Å²) >= 11 is 0. The molecule has 2 aromatic rings. The summed E-state index contributed by atoms with van der Waals surface area (Å²) in [7, 11) is 0. The highest BCUT2D eigenvalue weighted by atomic mass is 16.3. The average Bonchev–Trinajstić information content (AvgIpc) is 2.73. The number of carbonyl (C=O) groups is 1. The van der Waals surface area contributed by atoms with Gasteiger partial charge in [0.15, 0.2) is 0 Å². The Morgan fingerprint density at radius 3 is 2.84 bits per heavy atom.